The summed E-state index contributed by atoms with van der Waals surface area (Å²) in [6.07, 6.45) is 8.94. The lowest BCUT2D eigenvalue weighted by Crippen LogP contribution is -2.17. The number of hydrazone groups is 1. The van der Waals surface area contributed by atoms with Crippen molar-refractivity contribution in [3.05, 3.63) is 24.3 Å². The van der Waals surface area contributed by atoms with E-state index < -0.39 is 0 Å². The van der Waals surface area contributed by atoms with Crippen LogP contribution in [-0.4, -0.2) is 5.71 Å². The van der Waals surface area contributed by atoms with Crippen molar-refractivity contribution in [3.8, 4) is 0 Å². The molecule has 2 N–H and O–H groups in total. The summed E-state index contributed by atoms with van der Waals surface area (Å²) < 4.78 is 0. The molecule has 0 radical (unpaired) electrons. The lowest BCUT2D eigenvalue weighted by atomic mass is 9.90. The van der Waals surface area contributed by atoms with Crippen LogP contribution in [0.4, 0.5) is 0 Å². The molecule has 2 atom stereocenters. The zero-order valence-corrected chi connectivity index (χ0v) is 9.49. The van der Waals surface area contributed by atoms with E-state index in [2.05, 4.69) is 50.2 Å². The zero-order chi connectivity index (χ0) is 10.8. The van der Waals surface area contributed by atoms with E-state index in [0.717, 1.165) is 5.71 Å². The Labute approximate surface area is 86.6 Å². The predicted octanol–water partition coefficient (Wildman–Crippen LogP) is 2.73. The molecule has 1 aliphatic carbocycles. The molecular formula is C12H20N2. The molecule has 78 valence electrons. The van der Waals surface area contributed by atoms with Crippen molar-refractivity contribution < 1.29 is 0 Å². The Morgan fingerprint density at radius 3 is 2.43 bits per heavy atom. The van der Waals surface area contributed by atoms with Crippen LogP contribution in [0.15, 0.2) is 29.4 Å². The van der Waals surface area contributed by atoms with Crippen LogP contribution in [0.5, 0.6) is 0 Å². The highest BCUT2D eigenvalue weighted by molar-refractivity contribution is 5.86. The molecule has 0 amide bonds. The van der Waals surface area contributed by atoms with Crippen LogP contribution in [-0.2, 0) is 0 Å². The smallest absolute Gasteiger partial charge is 0.0419 e. The van der Waals surface area contributed by atoms with Gasteiger partial charge in [0.25, 0.3) is 0 Å². The first-order valence-electron chi connectivity index (χ1n) is 5.09. The van der Waals surface area contributed by atoms with Gasteiger partial charge in [0.05, 0.1) is 0 Å². The Bertz CT molecular complexity index is 285. The second-order valence-corrected chi connectivity index (χ2v) is 4.69. The van der Waals surface area contributed by atoms with E-state index in [9.17, 15) is 0 Å². The molecule has 0 bridgehead atoms. The molecule has 1 rings (SSSR count). The summed E-state index contributed by atoms with van der Waals surface area (Å²) in [5.74, 6) is 6.13. The Morgan fingerprint density at radius 1 is 1.29 bits per heavy atom. The van der Waals surface area contributed by atoms with Crippen molar-refractivity contribution in [1.29, 1.82) is 0 Å². The third kappa shape index (κ3) is 2.47. The fourth-order valence-corrected chi connectivity index (χ4v) is 1.71. The first-order valence-corrected chi connectivity index (χ1v) is 5.09. The number of rotatable bonds is 1. The molecule has 0 aromatic heterocycles. The minimum atomic E-state index is 0.151. The molecule has 14 heavy (non-hydrogen) atoms. The average molecular weight is 192 g/mol. The highest BCUT2D eigenvalue weighted by atomic mass is 15.1. The Kier molecular flexibility index (Phi) is 3.14. The Balaban J connectivity index is 2.96. The minimum Gasteiger partial charge on any atom is -0.323 e. The van der Waals surface area contributed by atoms with Gasteiger partial charge in [0.15, 0.2) is 0 Å². The maximum atomic E-state index is 5.31. The lowest BCUT2D eigenvalue weighted by molar-refractivity contribution is 0.624. The van der Waals surface area contributed by atoms with E-state index in [0.29, 0.717) is 11.8 Å². The quantitative estimate of drug-likeness (QED) is 0.295. The van der Waals surface area contributed by atoms with Gasteiger partial charge in [-0.05, 0) is 12.8 Å². The molecule has 0 aromatic carbocycles. The summed E-state index contributed by atoms with van der Waals surface area (Å²) in [6, 6.07) is 0. The van der Waals surface area contributed by atoms with Crippen LogP contribution in [0, 0.1) is 17.3 Å². The van der Waals surface area contributed by atoms with Crippen molar-refractivity contribution in [3.63, 3.8) is 0 Å². The van der Waals surface area contributed by atoms with Crippen molar-refractivity contribution in [2.45, 2.75) is 27.7 Å². The van der Waals surface area contributed by atoms with Gasteiger partial charge in [-0.1, -0.05) is 45.1 Å². The van der Waals surface area contributed by atoms with Gasteiger partial charge in [0.1, 0.15) is 0 Å². The number of nitrogens with two attached hydrogens (primary N) is 1. The number of allylic oxidation sites excluding steroid dienone is 4. The van der Waals surface area contributed by atoms with Gasteiger partial charge in [-0.3, -0.25) is 0 Å². The molecule has 0 fully saturated rings. The van der Waals surface area contributed by atoms with E-state index in [1.54, 1.807) is 0 Å². The zero-order valence-electron chi connectivity index (χ0n) is 9.49. The molecule has 0 aliphatic heterocycles. The number of hydrogen-bond donors (Lipinski definition) is 1. The van der Waals surface area contributed by atoms with Crippen LogP contribution >= 0.6 is 0 Å². The fraction of sp³-hybridized carbons (Fsp3) is 0.583. The molecule has 2 unspecified atom stereocenters. The Morgan fingerprint density at radius 2 is 1.86 bits per heavy atom. The molecule has 0 saturated carbocycles. The number of nitrogens with zero attached hydrogens (tertiary/aromatic N) is 1. The number of hydrogen-bond acceptors (Lipinski definition) is 2. The molecule has 0 saturated heterocycles. The topological polar surface area (TPSA) is 38.4 Å². The summed E-state index contributed by atoms with van der Waals surface area (Å²) >= 11 is 0. The highest BCUT2D eigenvalue weighted by Crippen LogP contribution is 2.28. The van der Waals surface area contributed by atoms with Crippen molar-refractivity contribution in [2.24, 2.45) is 28.2 Å². The second-order valence-electron chi connectivity index (χ2n) is 4.69. The normalized spacial score (nSPS) is 31.6. The standard InChI is InChI=1S/C12H20N2/c1-9-5-7-12(3,4)8-6-11(9)10(2)14-13/h5-9,11H,13H2,1-4H3/b14-10-. The first-order chi connectivity index (χ1) is 6.46. The lowest BCUT2D eigenvalue weighted by Gasteiger charge is -2.15. The van der Waals surface area contributed by atoms with Crippen LogP contribution in [0.1, 0.15) is 27.7 Å². The summed E-state index contributed by atoms with van der Waals surface area (Å²) in [5, 5.41) is 3.78. The van der Waals surface area contributed by atoms with Gasteiger partial charge in [-0.25, -0.2) is 0 Å². The van der Waals surface area contributed by atoms with Crippen LogP contribution in [0.25, 0.3) is 0 Å². The van der Waals surface area contributed by atoms with Gasteiger partial charge in [0, 0.05) is 17.0 Å². The van der Waals surface area contributed by atoms with Gasteiger partial charge >= 0.3 is 0 Å². The molecule has 0 spiro atoms. The van der Waals surface area contributed by atoms with Gasteiger partial charge in [-0.15, -0.1) is 0 Å². The monoisotopic (exact) mass is 192 g/mol. The van der Waals surface area contributed by atoms with E-state index in [4.69, 9.17) is 5.84 Å². The first kappa shape index (κ1) is 11.0. The summed E-state index contributed by atoms with van der Waals surface area (Å²) in [7, 11) is 0. The molecule has 1 aliphatic rings. The third-order valence-electron chi connectivity index (χ3n) is 2.81. The van der Waals surface area contributed by atoms with Crippen molar-refractivity contribution in [1.82, 2.24) is 0 Å². The van der Waals surface area contributed by atoms with Crippen LogP contribution < -0.4 is 5.84 Å². The third-order valence-corrected chi connectivity index (χ3v) is 2.81. The maximum absolute atomic E-state index is 5.31. The average Bonchev–Trinajstić information content (AvgIpc) is 2.26. The highest BCUT2D eigenvalue weighted by Gasteiger charge is 2.21. The van der Waals surface area contributed by atoms with Crippen molar-refractivity contribution >= 4 is 5.71 Å². The van der Waals surface area contributed by atoms with E-state index in [1.807, 2.05) is 6.92 Å². The SMILES string of the molecule is C/C(=N/N)C1C=CC(C)(C)C=CC1C. The molecule has 2 heteroatoms. The van der Waals surface area contributed by atoms with Gasteiger partial charge in [-0.2, -0.15) is 5.10 Å². The molecule has 2 nitrogen and oxygen atoms in total. The largest absolute Gasteiger partial charge is 0.323 e. The van der Waals surface area contributed by atoms with Gasteiger partial charge in [0.2, 0.25) is 0 Å². The summed E-state index contributed by atoms with van der Waals surface area (Å²) in [4.78, 5) is 0. The van der Waals surface area contributed by atoms with Crippen LogP contribution in [0.3, 0.4) is 0 Å². The van der Waals surface area contributed by atoms with Crippen LogP contribution in [0.2, 0.25) is 0 Å². The predicted molar refractivity (Wildman–Crippen MR) is 62.0 cm³/mol. The minimum absolute atomic E-state index is 0.151. The molecule has 0 aromatic rings. The van der Waals surface area contributed by atoms with Crippen molar-refractivity contribution in [2.75, 3.05) is 0 Å². The molecule has 0 heterocycles. The summed E-state index contributed by atoms with van der Waals surface area (Å²) in [5.41, 5.74) is 1.15. The maximum Gasteiger partial charge on any atom is 0.0419 e. The summed E-state index contributed by atoms with van der Waals surface area (Å²) in [6.45, 7) is 8.58. The Hall–Kier alpha value is -1.05. The fourth-order valence-electron chi connectivity index (χ4n) is 1.71. The second kappa shape index (κ2) is 3.99. The van der Waals surface area contributed by atoms with Gasteiger partial charge < -0.3 is 5.84 Å². The molecular weight excluding hydrogens is 172 g/mol. The van der Waals surface area contributed by atoms with E-state index in [-0.39, 0.29) is 5.41 Å². The van der Waals surface area contributed by atoms with E-state index >= 15 is 0 Å². The van der Waals surface area contributed by atoms with E-state index in [1.165, 1.54) is 0 Å².